The van der Waals surface area contributed by atoms with E-state index in [-0.39, 0.29) is 5.82 Å². The lowest BCUT2D eigenvalue weighted by Gasteiger charge is -2.08. The standard InChI is InChI=1S/C14H19F/c1-4-5-6-11(2)9-13-8-7-12(3)10-14(13)15/h5-8,10-11H,4,9H2,1-3H3/b6-5-. The average molecular weight is 206 g/mol. The van der Waals surface area contributed by atoms with Crippen LogP contribution in [-0.2, 0) is 6.42 Å². The summed E-state index contributed by atoms with van der Waals surface area (Å²) in [6.45, 7) is 6.13. The van der Waals surface area contributed by atoms with Gasteiger partial charge in [0.15, 0.2) is 0 Å². The van der Waals surface area contributed by atoms with Crippen molar-refractivity contribution < 1.29 is 4.39 Å². The van der Waals surface area contributed by atoms with Crippen molar-refractivity contribution in [2.75, 3.05) is 0 Å². The van der Waals surface area contributed by atoms with E-state index >= 15 is 0 Å². The van der Waals surface area contributed by atoms with Gasteiger partial charge in [-0.3, -0.25) is 0 Å². The molecular weight excluding hydrogens is 187 g/mol. The molecule has 0 nitrogen and oxygen atoms in total. The maximum Gasteiger partial charge on any atom is 0.126 e. The number of hydrogen-bond acceptors (Lipinski definition) is 0. The van der Waals surface area contributed by atoms with Crippen LogP contribution >= 0.6 is 0 Å². The SMILES string of the molecule is CC/C=C\C(C)Cc1ccc(C)cc1F. The first-order chi connectivity index (χ1) is 7.13. The highest BCUT2D eigenvalue weighted by Crippen LogP contribution is 2.15. The third-order valence-corrected chi connectivity index (χ3v) is 2.45. The molecule has 1 aromatic rings. The number of halogens is 1. The Morgan fingerprint density at radius 2 is 2.13 bits per heavy atom. The molecule has 0 saturated heterocycles. The molecule has 0 radical (unpaired) electrons. The van der Waals surface area contributed by atoms with Gasteiger partial charge in [-0.25, -0.2) is 4.39 Å². The van der Waals surface area contributed by atoms with E-state index in [1.165, 1.54) is 0 Å². The molecule has 1 rings (SSSR count). The summed E-state index contributed by atoms with van der Waals surface area (Å²) in [6, 6.07) is 5.46. The molecule has 0 amide bonds. The van der Waals surface area contributed by atoms with Gasteiger partial charge in [-0.05, 0) is 42.9 Å². The van der Waals surface area contributed by atoms with E-state index in [9.17, 15) is 4.39 Å². The number of benzene rings is 1. The first-order valence-corrected chi connectivity index (χ1v) is 5.55. The summed E-state index contributed by atoms with van der Waals surface area (Å²) in [5.74, 6) is 0.328. The molecule has 0 aromatic heterocycles. The van der Waals surface area contributed by atoms with E-state index in [0.29, 0.717) is 5.92 Å². The fourth-order valence-corrected chi connectivity index (χ4v) is 1.60. The lowest BCUT2D eigenvalue weighted by atomic mass is 9.99. The van der Waals surface area contributed by atoms with Crippen LogP contribution in [0.2, 0.25) is 0 Å². The molecule has 0 fully saturated rings. The Labute approximate surface area is 91.8 Å². The minimum absolute atomic E-state index is 0.0771. The van der Waals surface area contributed by atoms with Crippen molar-refractivity contribution >= 4 is 0 Å². The Hall–Kier alpha value is -1.11. The lowest BCUT2D eigenvalue weighted by molar-refractivity contribution is 0.590. The van der Waals surface area contributed by atoms with Crippen molar-refractivity contribution in [3.05, 3.63) is 47.3 Å². The normalized spacial score (nSPS) is 13.3. The summed E-state index contributed by atoms with van der Waals surface area (Å²) in [6.07, 6.45) is 6.11. The van der Waals surface area contributed by atoms with Crippen LogP contribution < -0.4 is 0 Å². The van der Waals surface area contributed by atoms with E-state index < -0.39 is 0 Å². The van der Waals surface area contributed by atoms with Crippen molar-refractivity contribution in [2.24, 2.45) is 5.92 Å². The molecule has 0 aliphatic carbocycles. The number of rotatable bonds is 4. The molecule has 0 aliphatic heterocycles. The lowest BCUT2D eigenvalue weighted by Crippen LogP contribution is -1.99. The van der Waals surface area contributed by atoms with E-state index in [0.717, 1.165) is 24.0 Å². The highest BCUT2D eigenvalue weighted by Gasteiger charge is 2.05. The summed E-state index contributed by atoms with van der Waals surface area (Å²) in [4.78, 5) is 0. The van der Waals surface area contributed by atoms with Gasteiger partial charge in [-0.1, -0.05) is 38.1 Å². The number of aryl methyl sites for hydroxylation is 1. The minimum Gasteiger partial charge on any atom is -0.207 e. The Bertz CT molecular complexity index is 339. The van der Waals surface area contributed by atoms with Crippen molar-refractivity contribution in [1.82, 2.24) is 0 Å². The van der Waals surface area contributed by atoms with E-state index in [2.05, 4.69) is 26.0 Å². The monoisotopic (exact) mass is 206 g/mol. The third-order valence-electron chi connectivity index (χ3n) is 2.45. The Balaban J connectivity index is 2.68. The third kappa shape index (κ3) is 3.86. The van der Waals surface area contributed by atoms with Crippen LogP contribution in [0.3, 0.4) is 0 Å². The molecule has 1 aromatic carbocycles. The molecule has 82 valence electrons. The minimum atomic E-state index is -0.0771. The van der Waals surface area contributed by atoms with Crippen LogP contribution in [0.4, 0.5) is 4.39 Å². The zero-order valence-corrected chi connectivity index (χ0v) is 9.76. The van der Waals surface area contributed by atoms with E-state index in [4.69, 9.17) is 0 Å². The first kappa shape index (κ1) is 12.0. The zero-order chi connectivity index (χ0) is 11.3. The average Bonchev–Trinajstić information content (AvgIpc) is 2.19. The molecular formula is C14H19F. The Morgan fingerprint density at radius 1 is 1.40 bits per heavy atom. The summed E-state index contributed by atoms with van der Waals surface area (Å²) in [5.41, 5.74) is 1.79. The van der Waals surface area contributed by atoms with Crippen molar-refractivity contribution in [3.8, 4) is 0 Å². The highest BCUT2D eigenvalue weighted by molar-refractivity contribution is 5.24. The molecule has 1 unspecified atom stereocenters. The van der Waals surface area contributed by atoms with Crippen molar-refractivity contribution in [2.45, 2.75) is 33.6 Å². The van der Waals surface area contributed by atoms with Gasteiger partial charge in [0.2, 0.25) is 0 Å². The zero-order valence-electron chi connectivity index (χ0n) is 9.76. The topological polar surface area (TPSA) is 0 Å². The van der Waals surface area contributed by atoms with Crippen LogP contribution in [0.15, 0.2) is 30.4 Å². The smallest absolute Gasteiger partial charge is 0.126 e. The fraction of sp³-hybridized carbons (Fsp3) is 0.429. The van der Waals surface area contributed by atoms with Gasteiger partial charge in [0.05, 0.1) is 0 Å². The van der Waals surface area contributed by atoms with Crippen LogP contribution in [0.25, 0.3) is 0 Å². The molecule has 0 aliphatic rings. The highest BCUT2D eigenvalue weighted by atomic mass is 19.1. The summed E-state index contributed by atoms with van der Waals surface area (Å²) in [7, 11) is 0. The summed E-state index contributed by atoms with van der Waals surface area (Å²) >= 11 is 0. The molecule has 15 heavy (non-hydrogen) atoms. The van der Waals surface area contributed by atoms with Gasteiger partial charge in [0, 0.05) is 0 Å². The van der Waals surface area contributed by atoms with Crippen molar-refractivity contribution in [1.29, 1.82) is 0 Å². The van der Waals surface area contributed by atoms with Crippen molar-refractivity contribution in [3.63, 3.8) is 0 Å². The quantitative estimate of drug-likeness (QED) is 0.645. The number of hydrogen-bond donors (Lipinski definition) is 0. The van der Waals surface area contributed by atoms with Crippen LogP contribution in [0, 0.1) is 18.7 Å². The predicted octanol–water partition coefficient (Wildman–Crippen LogP) is 4.28. The van der Waals surface area contributed by atoms with Crippen LogP contribution in [0.1, 0.15) is 31.4 Å². The first-order valence-electron chi connectivity index (χ1n) is 5.55. The Kier molecular flexibility index (Phi) is 4.54. The molecule has 0 bridgehead atoms. The van der Waals surface area contributed by atoms with Gasteiger partial charge in [0.25, 0.3) is 0 Å². The van der Waals surface area contributed by atoms with Crippen LogP contribution in [0.5, 0.6) is 0 Å². The fourth-order valence-electron chi connectivity index (χ4n) is 1.60. The second-order valence-electron chi connectivity index (χ2n) is 4.11. The predicted molar refractivity (Wildman–Crippen MR) is 63.4 cm³/mol. The molecule has 0 N–H and O–H groups in total. The molecule has 0 saturated carbocycles. The molecule has 0 spiro atoms. The second-order valence-corrected chi connectivity index (χ2v) is 4.11. The van der Waals surface area contributed by atoms with Gasteiger partial charge in [0.1, 0.15) is 5.82 Å². The van der Waals surface area contributed by atoms with Gasteiger partial charge in [-0.2, -0.15) is 0 Å². The maximum atomic E-state index is 13.5. The Morgan fingerprint density at radius 3 is 2.73 bits per heavy atom. The maximum absolute atomic E-state index is 13.5. The van der Waals surface area contributed by atoms with Gasteiger partial charge < -0.3 is 0 Å². The van der Waals surface area contributed by atoms with Crippen LogP contribution in [-0.4, -0.2) is 0 Å². The van der Waals surface area contributed by atoms with Gasteiger partial charge >= 0.3 is 0 Å². The summed E-state index contributed by atoms with van der Waals surface area (Å²) < 4.78 is 13.5. The van der Waals surface area contributed by atoms with Gasteiger partial charge in [-0.15, -0.1) is 0 Å². The van der Waals surface area contributed by atoms with E-state index in [1.54, 1.807) is 6.07 Å². The largest absolute Gasteiger partial charge is 0.207 e. The van der Waals surface area contributed by atoms with E-state index in [1.807, 2.05) is 19.1 Å². The molecule has 1 heteroatoms. The number of allylic oxidation sites excluding steroid dienone is 2. The molecule has 1 atom stereocenters. The molecule has 0 heterocycles. The summed E-state index contributed by atoms with van der Waals surface area (Å²) in [5, 5.41) is 0. The second kappa shape index (κ2) is 5.69.